The van der Waals surface area contributed by atoms with Crippen LogP contribution in [0.15, 0.2) is 18.2 Å². The molecule has 2 unspecified atom stereocenters. The van der Waals surface area contributed by atoms with Gasteiger partial charge in [0.25, 0.3) is 0 Å². The van der Waals surface area contributed by atoms with Gasteiger partial charge in [0.1, 0.15) is 5.82 Å². The number of benzene rings is 1. The van der Waals surface area contributed by atoms with E-state index in [1.54, 1.807) is 0 Å². The van der Waals surface area contributed by atoms with E-state index in [1.165, 1.54) is 6.07 Å². The Morgan fingerprint density at radius 3 is 2.74 bits per heavy atom. The van der Waals surface area contributed by atoms with Crippen LogP contribution in [0, 0.1) is 17.7 Å². The van der Waals surface area contributed by atoms with Crippen LogP contribution in [0.4, 0.5) is 14.9 Å². The lowest BCUT2D eigenvalue weighted by Gasteiger charge is -2.08. The molecular formula is C13H15FN2O3. The minimum absolute atomic E-state index is 0.250. The summed E-state index contributed by atoms with van der Waals surface area (Å²) in [6.45, 7) is 2.71. The second-order valence-electron chi connectivity index (χ2n) is 4.81. The number of carboxylic acids is 1. The molecule has 0 radical (unpaired) electrons. The van der Waals surface area contributed by atoms with Crippen LogP contribution in [0.25, 0.3) is 0 Å². The van der Waals surface area contributed by atoms with E-state index in [-0.39, 0.29) is 5.69 Å². The van der Waals surface area contributed by atoms with Crippen LogP contribution in [-0.2, 0) is 0 Å². The van der Waals surface area contributed by atoms with E-state index in [0.717, 1.165) is 18.6 Å². The van der Waals surface area contributed by atoms with Crippen molar-refractivity contribution in [2.24, 2.45) is 11.8 Å². The fourth-order valence-electron chi connectivity index (χ4n) is 1.85. The molecule has 0 spiro atoms. The average molecular weight is 266 g/mol. The number of aromatic carboxylic acids is 1. The van der Waals surface area contributed by atoms with Crippen molar-refractivity contribution in [3.05, 3.63) is 29.6 Å². The van der Waals surface area contributed by atoms with Crippen molar-refractivity contribution in [3.63, 3.8) is 0 Å². The minimum atomic E-state index is -1.37. The van der Waals surface area contributed by atoms with Gasteiger partial charge in [-0.25, -0.2) is 14.0 Å². The number of rotatable bonds is 4. The minimum Gasteiger partial charge on any atom is -0.478 e. The molecule has 0 heterocycles. The molecule has 1 fully saturated rings. The third-order valence-electron chi connectivity index (χ3n) is 3.26. The van der Waals surface area contributed by atoms with E-state index < -0.39 is 23.4 Å². The average Bonchev–Trinajstić information content (AvgIpc) is 3.05. The topological polar surface area (TPSA) is 78.4 Å². The van der Waals surface area contributed by atoms with Gasteiger partial charge >= 0.3 is 12.0 Å². The van der Waals surface area contributed by atoms with Gasteiger partial charge in [0.05, 0.1) is 5.56 Å². The van der Waals surface area contributed by atoms with Crippen molar-refractivity contribution in [2.75, 3.05) is 11.9 Å². The summed E-state index contributed by atoms with van der Waals surface area (Å²) < 4.78 is 13.2. The summed E-state index contributed by atoms with van der Waals surface area (Å²) in [6.07, 6.45) is 1.11. The highest BCUT2D eigenvalue weighted by molar-refractivity contribution is 5.93. The largest absolute Gasteiger partial charge is 0.478 e. The highest BCUT2D eigenvalue weighted by Gasteiger charge is 2.32. The Morgan fingerprint density at radius 1 is 1.47 bits per heavy atom. The molecule has 1 aliphatic rings. The van der Waals surface area contributed by atoms with E-state index in [1.807, 2.05) is 0 Å². The van der Waals surface area contributed by atoms with Crippen molar-refractivity contribution in [2.45, 2.75) is 13.3 Å². The van der Waals surface area contributed by atoms with Gasteiger partial charge in [-0.05, 0) is 36.5 Å². The summed E-state index contributed by atoms with van der Waals surface area (Å²) in [5.74, 6) is -1.03. The van der Waals surface area contributed by atoms with Crippen molar-refractivity contribution in [3.8, 4) is 0 Å². The first-order valence-corrected chi connectivity index (χ1v) is 6.05. The van der Waals surface area contributed by atoms with E-state index in [0.29, 0.717) is 18.4 Å². The number of carbonyl (C=O) groups is 2. The molecule has 0 aliphatic heterocycles. The van der Waals surface area contributed by atoms with Gasteiger partial charge in [-0.3, -0.25) is 0 Å². The number of amides is 2. The number of halogens is 1. The monoisotopic (exact) mass is 266 g/mol. The SMILES string of the molecule is CC1CC1CNC(=O)Nc1ccc(F)c(C(=O)O)c1. The van der Waals surface area contributed by atoms with E-state index in [2.05, 4.69) is 17.6 Å². The van der Waals surface area contributed by atoms with Gasteiger partial charge in [-0.2, -0.15) is 0 Å². The second-order valence-corrected chi connectivity index (χ2v) is 4.81. The Bertz CT molecular complexity index is 519. The Labute approximate surface area is 109 Å². The molecular weight excluding hydrogens is 251 g/mol. The lowest BCUT2D eigenvalue weighted by molar-refractivity contribution is 0.0692. The third kappa shape index (κ3) is 3.43. The van der Waals surface area contributed by atoms with Crippen molar-refractivity contribution in [1.29, 1.82) is 0 Å². The zero-order chi connectivity index (χ0) is 14.0. The fourth-order valence-corrected chi connectivity index (χ4v) is 1.85. The highest BCUT2D eigenvalue weighted by atomic mass is 19.1. The number of hydrogen-bond acceptors (Lipinski definition) is 2. The quantitative estimate of drug-likeness (QED) is 0.782. The lowest BCUT2D eigenvalue weighted by atomic mass is 10.2. The standard InChI is InChI=1S/C13H15FN2O3/c1-7-4-8(7)6-15-13(19)16-9-2-3-11(14)10(5-9)12(17)18/h2-3,5,7-8H,4,6H2,1H3,(H,17,18)(H2,15,16,19). The number of carbonyl (C=O) groups excluding carboxylic acids is 1. The number of urea groups is 1. The van der Waals surface area contributed by atoms with Gasteiger partial charge < -0.3 is 15.7 Å². The normalized spacial score (nSPS) is 20.7. The van der Waals surface area contributed by atoms with Crippen LogP contribution in [-0.4, -0.2) is 23.7 Å². The van der Waals surface area contributed by atoms with Gasteiger partial charge in [0.15, 0.2) is 0 Å². The molecule has 2 amide bonds. The first kappa shape index (κ1) is 13.3. The molecule has 3 N–H and O–H groups in total. The van der Waals surface area contributed by atoms with E-state index in [9.17, 15) is 14.0 Å². The Hall–Kier alpha value is -2.11. The maximum absolute atomic E-state index is 13.2. The van der Waals surface area contributed by atoms with Crippen LogP contribution < -0.4 is 10.6 Å². The Balaban J connectivity index is 1.92. The van der Waals surface area contributed by atoms with Gasteiger partial charge in [-0.15, -0.1) is 0 Å². The predicted octanol–water partition coefficient (Wildman–Crippen LogP) is 2.30. The molecule has 0 saturated heterocycles. The highest BCUT2D eigenvalue weighted by Crippen LogP contribution is 2.36. The molecule has 102 valence electrons. The molecule has 0 bridgehead atoms. The number of carboxylic acid groups (broad SMARTS) is 1. The van der Waals surface area contributed by atoms with Gasteiger partial charge in [-0.1, -0.05) is 6.92 Å². The third-order valence-corrected chi connectivity index (χ3v) is 3.26. The first-order chi connectivity index (χ1) is 8.97. The molecule has 1 saturated carbocycles. The lowest BCUT2D eigenvalue weighted by Crippen LogP contribution is -2.30. The van der Waals surface area contributed by atoms with Crippen LogP contribution in [0.1, 0.15) is 23.7 Å². The molecule has 2 atom stereocenters. The molecule has 6 heteroatoms. The molecule has 1 aliphatic carbocycles. The van der Waals surface area contributed by atoms with E-state index >= 15 is 0 Å². The first-order valence-electron chi connectivity index (χ1n) is 6.05. The van der Waals surface area contributed by atoms with Gasteiger partial charge in [0.2, 0.25) is 0 Å². The van der Waals surface area contributed by atoms with Crippen LogP contribution in [0.3, 0.4) is 0 Å². The van der Waals surface area contributed by atoms with Crippen molar-refractivity contribution >= 4 is 17.7 Å². The summed E-state index contributed by atoms with van der Waals surface area (Å²) in [6, 6.07) is 3.02. The Morgan fingerprint density at radius 2 is 2.16 bits per heavy atom. The predicted molar refractivity (Wildman–Crippen MR) is 67.7 cm³/mol. The molecule has 1 aromatic carbocycles. The zero-order valence-electron chi connectivity index (χ0n) is 10.4. The Kier molecular flexibility index (Phi) is 3.69. The van der Waals surface area contributed by atoms with Crippen molar-refractivity contribution in [1.82, 2.24) is 5.32 Å². The maximum atomic E-state index is 13.2. The van der Waals surface area contributed by atoms with Crippen molar-refractivity contribution < 1.29 is 19.1 Å². The molecule has 0 aromatic heterocycles. The maximum Gasteiger partial charge on any atom is 0.338 e. The number of anilines is 1. The number of hydrogen-bond donors (Lipinski definition) is 3. The summed E-state index contributed by atoms with van der Waals surface area (Å²) in [5, 5.41) is 13.9. The fraction of sp³-hybridized carbons (Fsp3) is 0.385. The van der Waals surface area contributed by atoms with Gasteiger partial charge in [0, 0.05) is 12.2 Å². The summed E-state index contributed by atoms with van der Waals surface area (Å²) >= 11 is 0. The molecule has 5 nitrogen and oxygen atoms in total. The summed E-state index contributed by atoms with van der Waals surface area (Å²) in [4.78, 5) is 22.3. The molecule has 1 aromatic rings. The smallest absolute Gasteiger partial charge is 0.338 e. The number of nitrogens with one attached hydrogen (secondary N) is 2. The molecule has 2 rings (SSSR count). The summed E-state index contributed by atoms with van der Waals surface area (Å²) in [7, 11) is 0. The van der Waals surface area contributed by atoms with E-state index in [4.69, 9.17) is 5.11 Å². The van der Waals surface area contributed by atoms with Crippen LogP contribution in [0.2, 0.25) is 0 Å². The van der Waals surface area contributed by atoms with Crippen LogP contribution >= 0.6 is 0 Å². The molecule has 19 heavy (non-hydrogen) atoms. The zero-order valence-corrected chi connectivity index (χ0v) is 10.4. The summed E-state index contributed by atoms with van der Waals surface area (Å²) in [5.41, 5.74) is -0.214. The van der Waals surface area contributed by atoms with Crippen LogP contribution in [0.5, 0.6) is 0 Å². The second kappa shape index (κ2) is 5.26.